The van der Waals surface area contributed by atoms with Crippen molar-refractivity contribution in [2.75, 3.05) is 39.8 Å². The van der Waals surface area contributed by atoms with Crippen LogP contribution in [0.3, 0.4) is 0 Å². The van der Waals surface area contributed by atoms with Crippen molar-refractivity contribution in [1.82, 2.24) is 34.9 Å². The first-order valence-electron chi connectivity index (χ1n) is 23.4. The lowest BCUT2D eigenvalue weighted by atomic mass is 9.80. The van der Waals surface area contributed by atoms with Crippen LogP contribution in [0.4, 0.5) is 0 Å². The molecule has 0 spiro atoms. The molecule has 4 heterocycles. The average Bonchev–Trinajstić information content (AvgIpc) is 4.07. The van der Waals surface area contributed by atoms with Gasteiger partial charge in [-0.2, -0.15) is 0 Å². The second-order valence-electron chi connectivity index (χ2n) is 18.9. The zero-order valence-electron chi connectivity index (χ0n) is 39.0. The minimum atomic E-state index is -1.34. The number of piperidine rings is 1. The number of likely N-dealkylation sites (N-methyl/N-ethyl adjacent to an activating group) is 1. The summed E-state index contributed by atoms with van der Waals surface area (Å²) >= 11 is 12.8. The van der Waals surface area contributed by atoms with Crippen molar-refractivity contribution in [3.63, 3.8) is 0 Å². The third-order valence-electron chi connectivity index (χ3n) is 14.2. The number of hydrogen-bond acceptors (Lipinski definition) is 8. The van der Waals surface area contributed by atoms with Crippen LogP contribution in [-0.4, -0.2) is 110 Å². The first-order chi connectivity index (χ1) is 32.8. The third-order valence-corrected chi connectivity index (χ3v) is 14.7. The van der Waals surface area contributed by atoms with Crippen molar-refractivity contribution in [2.24, 2.45) is 13.0 Å². The number of aliphatic hydroxyl groups is 1. The summed E-state index contributed by atoms with van der Waals surface area (Å²) < 4.78 is 8.60. The highest BCUT2D eigenvalue weighted by Crippen LogP contribution is 2.42. The Hall–Kier alpha value is -5.70. The molecule has 5 atom stereocenters. The summed E-state index contributed by atoms with van der Waals surface area (Å²) in [5.74, 6) is -1.00. The molecule has 1 aliphatic carbocycles. The predicted molar refractivity (Wildman–Crippen MR) is 269 cm³/mol. The molecule has 4 aromatic carbocycles. The van der Waals surface area contributed by atoms with Crippen LogP contribution in [0.1, 0.15) is 66.6 Å². The summed E-state index contributed by atoms with van der Waals surface area (Å²) in [4.78, 5) is 69.3. The normalized spacial score (nSPS) is 23.4. The van der Waals surface area contributed by atoms with Crippen molar-refractivity contribution in [1.29, 1.82) is 0 Å². The number of halogens is 3. The molecule has 3 N–H and O–H groups in total. The van der Waals surface area contributed by atoms with Gasteiger partial charge in [0, 0.05) is 66.4 Å². The number of hydrogen-bond donors (Lipinski definition) is 3. The number of aromatic nitrogens is 2. The third kappa shape index (κ3) is 10.7. The molecule has 2 saturated heterocycles. The fraction of sp³-hybridized carbons (Fsp3) is 0.377. The van der Waals surface area contributed by atoms with Crippen LogP contribution in [0.25, 0.3) is 16.8 Å². The molecule has 16 heteroatoms. The lowest BCUT2D eigenvalue weighted by Gasteiger charge is -2.46. The van der Waals surface area contributed by atoms with E-state index in [2.05, 4.69) is 39.3 Å². The Bertz CT molecular complexity index is 2750. The van der Waals surface area contributed by atoms with Crippen LogP contribution in [0.5, 0.6) is 11.5 Å². The number of rotatable bonds is 10. The fourth-order valence-corrected chi connectivity index (χ4v) is 10.8. The Morgan fingerprint density at radius 1 is 0.913 bits per heavy atom. The monoisotopic (exact) mass is 993 g/mol. The maximum absolute atomic E-state index is 15.3. The summed E-state index contributed by atoms with van der Waals surface area (Å²) in [6.45, 7) is 3.16. The summed E-state index contributed by atoms with van der Waals surface area (Å²) in [7, 11) is 4.09. The lowest BCUT2D eigenvalue weighted by Crippen LogP contribution is -2.65. The topological polar surface area (TPSA) is 149 Å². The minimum Gasteiger partial charge on any atom is -0.457 e. The van der Waals surface area contributed by atoms with E-state index in [1.807, 2.05) is 67.8 Å². The number of nitrogens with zero attached hydrogens (tertiary/aromatic N) is 5. The molecule has 4 aliphatic rings. The number of aliphatic hydroxyl groups excluding tert-OH is 1. The van der Waals surface area contributed by atoms with Gasteiger partial charge in [0.05, 0.1) is 36.5 Å². The van der Waals surface area contributed by atoms with Gasteiger partial charge in [0.25, 0.3) is 0 Å². The summed E-state index contributed by atoms with van der Waals surface area (Å²) in [5.41, 5.74) is 5.82. The van der Waals surface area contributed by atoms with Gasteiger partial charge < -0.3 is 34.8 Å². The van der Waals surface area contributed by atoms with E-state index >= 15 is 9.59 Å². The maximum atomic E-state index is 15.3. The molecule has 0 radical (unpaired) electrons. The van der Waals surface area contributed by atoms with E-state index < -0.39 is 47.9 Å². The van der Waals surface area contributed by atoms with Gasteiger partial charge in [0.1, 0.15) is 29.4 Å². The molecule has 2 fully saturated rings. The fourth-order valence-electron chi connectivity index (χ4n) is 10.6. The second-order valence-corrected chi connectivity index (χ2v) is 19.7. The highest BCUT2D eigenvalue weighted by atomic mass is 35.5. The standard InChI is InChI=1S/C53H57Cl2N7O6.ClH/c1-33-50(65)57-45(31-63)51(66)58-53(27-34-9-15-39(54)16-10-34)22-6-23-61(32-53)52(67)44(43-20-14-35-7-4-5-8-42(35)43)26-48(64)62(33)30-37-11-17-40(55)25-47(37)68-41-18-12-36(13-19-41)46-28-56-49(60(46)3)38-21-24-59(2)29-38;/h4-5,7-13,15-19,21,25,28,33,43-45,63H,6,14,20,22-24,26-27,29-32H2,1-3H3,(H,57,65)(H,58,66);1H/t33-,43+,44-,45-,53+;/m0./s1. The molecule has 13 nitrogen and oxygen atoms in total. The van der Waals surface area contributed by atoms with Gasteiger partial charge in [0.15, 0.2) is 0 Å². The van der Waals surface area contributed by atoms with Crippen molar-refractivity contribution >= 4 is 64.8 Å². The number of imidazole rings is 1. The zero-order valence-corrected chi connectivity index (χ0v) is 41.3. The Morgan fingerprint density at radius 2 is 1.67 bits per heavy atom. The van der Waals surface area contributed by atoms with E-state index in [0.29, 0.717) is 59.3 Å². The largest absolute Gasteiger partial charge is 0.457 e. The number of benzene rings is 4. The number of carbonyl (C=O) groups excluding carboxylic acids is 4. The summed E-state index contributed by atoms with van der Waals surface area (Å²) in [6.07, 6.45) is 6.88. The number of amides is 4. The van der Waals surface area contributed by atoms with Crippen LogP contribution in [0, 0.1) is 5.92 Å². The molecule has 0 unspecified atom stereocenters. The number of aryl methyl sites for hydroxylation is 1. The molecule has 4 amide bonds. The lowest BCUT2D eigenvalue weighted by molar-refractivity contribution is -0.148. The molecule has 9 rings (SSSR count). The predicted octanol–water partition coefficient (Wildman–Crippen LogP) is 7.60. The van der Waals surface area contributed by atoms with Crippen LogP contribution in [0.15, 0.2) is 103 Å². The van der Waals surface area contributed by atoms with Gasteiger partial charge >= 0.3 is 0 Å². The zero-order chi connectivity index (χ0) is 47.7. The number of carbonyl (C=O) groups is 4. The molecular formula is C53H58Cl3N7O6. The molecule has 5 aromatic rings. The van der Waals surface area contributed by atoms with Crippen LogP contribution in [0.2, 0.25) is 10.0 Å². The van der Waals surface area contributed by atoms with Gasteiger partial charge in [-0.05, 0) is 117 Å². The summed E-state index contributed by atoms with van der Waals surface area (Å²) in [6, 6.07) is 25.7. The van der Waals surface area contributed by atoms with E-state index in [1.165, 1.54) is 10.5 Å². The average molecular weight is 995 g/mol. The Kier molecular flexibility index (Phi) is 15.2. The Labute approximate surface area is 419 Å². The number of nitrogens with one attached hydrogen (secondary N) is 2. The van der Waals surface area contributed by atoms with Crippen LogP contribution in [-0.2, 0) is 45.6 Å². The highest BCUT2D eigenvalue weighted by Gasteiger charge is 2.45. The molecule has 69 heavy (non-hydrogen) atoms. The SMILES string of the molecule is C[C@H]1C(=O)N[C@@H](CO)C(=O)N[C@@]2(Cc3ccc(Cl)cc3)CCCN(C2)C(=O)[C@H]([C@@H]2CCc3ccccc32)CC(=O)N1Cc1ccc(Cl)cc1Oc1ccc(-c2cnc(C3=CCN(C)C3)n2C)cc1.Cl. The first-order valence-corrected chi connectivity index (χ1v) is 24.1. The molecule has 362 valence electrons. The Morgan fingerprint density at radius 3 is 2.41 bits per heavy atom. The van der Waals surface area contributed by atoms with Crippen LogP contribution >= 0.6 is 35.6 Å². The molecule has 2 bridgehead atoms. The van der Waals surface area contributed by atoms with Gasteiger partial charge in [-0.3, -0.25) is 24.1 Å². The van der Waals surface area contributed by atoms with Crippen molar-refractivity contribution in [3.8, 4) is 22.8 Å². The van der Waals surface area contributed by atoms with E-state index in [0.717, 1.165) is 53.3 Å². The molecular weight excluding hydrogens is 937 g/mol. The van der Waals surface area contributed by atoms with Crippen LogP contribution < -0.4 is 15.4 Å². The van der Waals surface area contributed by atoms with E-state index in [-0.39, 0.29) is 43.7 Å². The number of fused-ring (bicyclic) bond motifs is 3. The Balaban J connectivity index is 0.00000642. The first kappa shape index (κ1) is 49.7. The number of ether oxygens (including phenoxy) is 1. The van der Waals surface area contributed by atoms with E-state index in [4.69, 9.17) is 32.9 Å². The van der Waals surface area contributed by atoms with Gasteiger partial charge in [-0.15, -0.1) is 12.4 Å². The minimum absolute atomic E-state index is 0. The van der Waals surface area contributed by atoms with Crippen molar-refractivity contribution in [2.45, 2.75) is 75.5 Å². The molecule has 3 aliphatic heterocycles. The molecule has 0 saturated carbocycles. The van der Waals surface area contributed by atoms with Gasteiger partial charge in [-0.1, -0.05) is 71.7 Å². The van der Waals surface area contributed by atoms with Gasteiger partial charge in [-0.25, -0.2) is 4.98 Å². The second kappa shape index (κ2) is 21.1. The van der Waals surface area contributed by atoms with E-state index in [9.17, 15) is 14.7 Å². The quantitative estimate of drug-likeness (QED) is 0.130. The van der Waals surface area contributed by atoms with Gasteiger partial charge in [0.2, 0.25) is 23.6 Å². The maximum Gasteiger partial charge on any atom is 0.245 e. The summed E-state index contributed by atoms with van der Waals surface area (Å²) in [5, 5.41) is 17.5. The smallest absolute Gasteiger partial charge is 0.245 e. The highest BCUT2D eigenvalue weighted by molar-refractivity contribution is 6.31. The van der Waals surface area contributed by atoms with Crippen molar-refractivity contribution in [3.05, 3.63) is 141 Å². The van der Waals surface area contributed by atoms with E-state index in [1.54, 1.807) is 42.2 Å². The van der Waals surface area contributed by atoms with Crippen molar-refractivity contribution < 1.29 is 29.0 Å². The molecule has 1 aromatic heterocycles.